The molecule has 64 heavy (non-hydrogen) atoms. The Morgan fingerprint density at radius 2 is 1.70 bits per heavy atom. The molecule has 2 aromatic heterocycles. The van der Waals surface area contributed by atoms with Gasteiger partial charge in [-0.25, -0.2) is 19.6 Å². The standard InChI is InChI=1S/C48H58N8O8/c1-7-31-11-15-37(56(31)45(57)40(25(2)3)53-47(59)62-6)43-49-23-36(51-43)29-9-12-32-30(20-29)24-64-39-22-33-28(21-34(32)39)10-13-35-41(33)52-44(50-35)38-14-8-26(4)55(38)46(58)42(54(5)48(60)61)27-16-18-63-19-17-27/h9-10,12-13,20-23,25-27,31,37-38,40,42H,7-8,11,14-19,24H2,1-6H3,(H,49,51)(H,50,52)(H,53,59)(H,60,61)/t26-,31-,37-,38-,40-,42-/m0/s1. The first-order valence-corrected chi connectivity index (χ1v) is 22.7. The van der Waals surface area contributed by atoms with Gasteiger partial charge in [0.25, 0.3) is 0 Å². The number of fused-ring (bicyclic) bond motifs is 6. The number of aromatic amines is 2. The Kier molecular flexibility index (Phi) is 11.7. The molecule has 0 aliphatic carbocycles. The Morgan fingerprint density at radius 3 is 2.44 bits per heavy atom. The van der Waals surface area contributed by atoms with Gasteiger partial charge in [-0.2, -0.15) is 0 Å². The number of hydrogen-bond donors (Lipinski definition) is 4. The quantitative estimate of drug-likeness (QED) is 0.107. The van der Waals surface area contributed by atoms with E-state index in [1.54, 1.807) is 0 Å². The zero-order chi connectivity index (χ0) is 45.0. The number of nitrogens with one attached hydrogen (secondary N) is 3. The van der Waals surface area contributed by atoms with E-state index in [9.17, 15) is 24.3 Å². The van der Waals surface area contributed by atoms with Crippen LogP contribution in [0.3, 0.4) is 0 Å². The van der Waals surface area contributed by atoms with Gasteiger partial charge in [-0.3, -0.25) is 14.5 Å². The van der Waals surface area contributed by atoms with Crippen LogP contribution in [0.4, 0.5) is 9.59 Å². The van der Waals surface area contributed by atoms with E-state index in [2.05, 4.69) is 58.6 Å². The van der Waals surface area contributed by atoms with Crippen LogP contribution in [0.25, 0.3) is 44.2 Å². The van der Waals surface area contributed by atoms with Crippen molar-refractivity contribution >= 4 is 45.8 Å². The predicted octanol–water partition coefficient (Wildman–Crippen LogP) is 7.95. The van der Waals surface area contributed by atoms with Crippen LogP contribution in [0.15, 0.2) is 48.7 Å². The molecule has 6 atom stereocenters. The number of alkyl carbamates (subject to hydrolysis) is 1. The summed E-state index contributed by atoms with van der Waals surface area (Å²) in [6, 6.07) is 12.5. The van der Waals surface area contributed by atoms with E-state index in [0.29, 0.717) is 50.7 Å². The van der Waals surface area contributed by atoms with Gasteiger partial charge in [0.1, 0.15) is 36.1 Å². The van der Waals surface area contributed by atoms with E-state index in [0.717, 1.165) is 81.2 Å². The molecule has 0 bridgehead atoms. The smallest absolute Gasteiger partial charge is 0.407 e. The Balaban J connectivity index is 0.972. The van der Waals surface area contributed by atoms with Crippen LogP contribution < -0.4 is 10.1 Å². The van der Waals surface area contributed by atoms with E-state index in [-0.39, 0.29) is 47.8 Å². The van der Waals surface area contributed by atoms with E-state index in [1.165, 1.54) is 19.1 Å². The number of aromatic nitrogens is 4. The minimum absolute atomic E-state index is 0.0297. The minimum Gasteiger partial charge on any atom is -0.488 e. The normalized spacial score (nSPS) is 22.0. The van der Waals surface area contributed by atoms with E-state index in [4.69, 9.17) is 24.2 Å². The van der Waals surface area contributed by atoms with Gasteiger partial charge in [-0.15, -0.1) is 0 Å². The first-order chi connectivity index (χ1) is 30.9. The largest absolute Gasteiger partial charge is 0.488 e. The van der Waals surface area contributed by atoms with Gasteiger partial charge in [0.2, 0.25) is 11.8 Å². The highest BCUT2D eigenvalue weighted by molar-refractivity contribution is 6.07. The average Bonchev–Trinajstić information content (AvgIpc) is 4.13. The first kappa shape index (κ1) is 43.1. The Labute approximate surface area is 372 Å². The second kappa shape index (κ2) is 17.4. The molecule has 3 saturated heterocycles. The van der Waals surface area contributed by atoms with Crippen LogP contribution in [0.2, 0.25) is 0 Å². The highest BCUT2D eigenvalue weighted by atomic mass is 16.5. The van der Waals surface area contributed by atoms with Crippen molar-refractivity contribution < 1.29 is 38.5 Å². The maximum absolute atomic E-state index is 14.5. The van der Waals surface area contributed by atoms with Crippen molar-refractivity contribution in [1.29, 1.82) is 0 Å². The monoisotopic (exact) mass is 874 g/mol. The molecule has 16 heteroatoms. The van der Waals surface area contributed by atoms with Gasteiger partial charge in [0.05, 0.1) is 42.1 Å². The number of ether oxygens (including phenoxy) is 3. The molecular weight excluding hydrogens is 817 g/mol. The summed E-state index contributed by atoms with van der Waals surface area (Å²) in [5, 5.41) is 14.7. The van der Waals surface area contributed by atoms with Crippen LogP contribution in [0, 0.1) is 11.8 Å². The summed E-state index contributed by atoms with van der Waals surface area (Å²) < 4.78 is 16.9. The fourth-order valence-corrected chi connectivity index (χ4v) is 10.6. The van der Waals surface area contributed by atoms with Gasteiger partial charge >= 0.3 is 12.2 Å². The number of imidazole rings is 2. The molecule has 4 aliphatic rings. The lowest BCUT2D eigenvalue weighted by Crippen LogP contribution is -2.54. The summed E-state index contributed by atoms with van der Waals surface area (Å²) in [6.45, 7) is 9.32. The third-order valence-electron chi connectivity index (χ3n) is 14.1. The van der Waals surface area contributed by atoms with E-state index < -0.39 is 24.3 Å². The van der Waals surface area contributed by atoms with Crippen LogP contribution in [0.5, 0.6) is 5.75 Å². The number of H-pyrrole nitrogens is 2. The molecule has 6 heterocycles. The van der Waals surface area contributed by atoms with Gasteiger partial charge in [0.15, 0.2) is 0 Å². The highest BCUT2D eigenvalue weighted by Crippen LogP contribution is 2.44. The zero-order valence-corrected chi connectivity index (χ0v) is 37.3. The van der Waals surface area contributed by atoms with Crippen molar-refractivity contribution in [3.05, 3.63) is 65.9 Å². The number of carboxylic acid groups (broad SMARTS) is 1. The van der Waals surface area contributed by atoms with Crippen LogP contribution in [-0.2, 0) is 25.7 Å². The Morgan fingerprint density at radius 1 is 0.938 bits per heavy atom. The maximum Gasteiger partial charge on any atom is 0.407 e. The topological polar surface area (TPSA) is 195 Å². The number of rotatable bonds is 10. The fourth-order valence-electron chi connectivity index (χ4n) is 10.6. The van der Waals surface area contributed by atoms with Crippen molar-refractivity contribution in [3.8, 4) is 28.1 Å². The predicted molar refractivity (Wildman–Crippen MR) is 239 cm³/mol. The number of likely N-dealkylation sites (tertiary alicyclic amines) is 2. The molecule has 3 aromatic carbocycles. The summed E-state index contributed by atoms with van der Waals surface area (Å²) in [7, 11) is 2.79. The SMILES string of the molecule is CC[C@H]1CC[C@@H](c2ncc(-c3ccc4c(c3)COc3cc5c(ccc6nc([C@@H]7CC[C@H](C)N7C(=O)[C@H](C7CCOCC7)N(C)C(=O)O)[nH]c65)cc3-4)[nH]2)N1C(=O)[C@@H](NC(=O)OC)C(C)C. The molecule has 0 radical (unpaired) electrons. The van der Waals surface area contributed by atoms with Crippen molar-refractivity contribution in [3.63, 3.8) is 0 Å². The summed E-state index contributed by atoms with van der Waals surface area (Å²) in [6.07, 6.45) is 5.22. The van der Waals surface area contributed by atoms with E-state index >= 15 is 0 Å². The molecule has 4 aliphatic heterocycles. The molecule has 0 saturated carbocycles. The average molecular weight is 875 g/mol. The van der Waals surface area contributed by atoms with Crippen LogP contribution in [-0.4, -0.2) is 115 Å². The Bertz CT molecular complexity index is 2600. The van der Waals surface area contributed by atoms with Gasteiger partial charge < -0.3 is 44.4 Å². The second-order valence-electron chi connectivity index (χ2n) is 18.2. The molecule has 5 aromatic rings. The molecule has 0 spiro atoms. The number of benzene rings is 3. The third-order valence-corrected chi connectivity index (χ3v) is 14.1. The van der Waals surface area contributed by atoms with Gasteiger partial charge in [-0.05, 0) is 110 Å². The van der Waals surface area contributed by atoms with E-state index in [1.807, 2.05) is 42.8 Å². The Hall–Kier alpha value is -6.16. The highest BCUT2D eigenvalue weighted by Gasteiger charge is 2.45. The minimum atomic E-state index is -1.12. The van der Waals surface area contributed by atoms with Gasteiger partial charge in [0, 0.05) is 43.3 Å². The van der Waals surface area contributed by atoms with Gasteiger partial charge in [-0.1, -0.05) is 39.0 Å². The number of amides is 4. The molecule has 9 rings (SSSR count). The second-order valence-corrected chi connectivity index (χ2v) is 18.2. The number of carbonyl (C=O) groups is 4. The summed E-state index contributed by atoms with van der Waals surface area (Å²) in [5.74, 6) is 1.59. The number of methoxy groups -OCH3 is 1. The van der Waals surface area contributed by atoms with Crippen LogP contribution in [0.1, 0.15) is 102 Å². The van der Waals surface area contributed by atoms with Crippen molar-refractivity contribution in [2.24, 2.45) is 11.8 Å². The molecule has 4 N–H and O–H groups in total. The lowest BCUT2D eigenvalue weighted by atomic mass is 9.89. The summed E-state index contributed by atoms with van der Waals surface area (Å²) in [4.78, 5) is 74.8. The van der Waals surface area contributed by atoms with Crippen molar-refractivity contribution in [2.75, 3.05) is 27.4 Å². The number of hydrogen-bond acceptors (Lipinski definition) is 9. The zero-order valence-electron chi connectivity index (χ0n) is 37.3. The first-order valence-electron chi connectivity index (χ1n) is 22.7. The number of likely N-dealkylation sites (N-methyl/N-ethyl adjacent to an activating group) is 1. The van der Waals surface area contributed by atoms with Crippen molar-refractivity contribution in [2.45, 2.75) is 115 Å². The number of nitrogens with zero attached hydrogens (tertiary/aromatic N) is 5. The molecule has 3 fully saturated rings. The lowest BCUT2D eigenvalue weighted by Gasteiger charge is -2.39. The lowest BCUT2D eigenvalue weighted by molar-refractivity contribution is -0.142. The number of carbonyl (C=O) groups excluding carboxylic acids is 3. The maximum atomic E-state index is 14.5. The molecule has 0 unspecified atom stereocenters. The summed E-state index contributed by atoms with van der Waals surface area (Å²) >= 11 is 0. The van der Waals surface area contributed by atoms with Crippen molar-refractivity contribution in [1.82, 2.24) is 40.0 Å². The molecular formula is C48H58N8O8. The molecule has 338 valence electrons. The fraction of sp³-hybridized carbons (Fsp3) is 0.500. The third kappa shape index (κ3) is 7.68. The summed E-state index contributed by atoms with van der Waals surface area (Å²) in [5.41, 5.74) is 6.53. The molecule has 4 amide bonds. The van der Waals surface area contributed by atoms with Crippen LogP contribution >= 0.6 is 0 Å². The molecule has 16 nitrogen and oxygen atoms in total.